The molecule has 0 saturated heterocycles. The summed E-state index contributed by atoms with van der Waals surface area (Å²) in [5.41, 5.74) is 1.35. The zero-order valence-electron chi connectivity index (χ0n) is 11.0. The molecule has 0 fully saturated rings. The van der Waals surface area contributed by atoms with E-state index in [2.05, 4.69) is 66.5 Å². The van der Waals surface area contributed by atoms with Gasteiger partial charge in [-0.25, -0.2) is 0 Å². The van der Waals surface area contributed by atoms with Crippen LogP contribution in [0.4, 0.5) is 0 Å². The number of hydrogen-bond donors (Lipinski definition) is 1. The third-order valence-corrected chi connectivity index (χ3v) is 3.13. The summed E-state index contributed by atoms with van der Waals surface area (Å²) in [6.45, 7) is 4.99. The Balaban J connectivity index is 2.44. The monoisotopic (exact) mass is 237 g/mol. The van der Waals surface area contributed by atoms with Crippen LogP contribution in [0.25, 0.3) is 10.8 Å². The maximum absolute atomic E-state index is 3.52. The summed E-state index contributed by atoms with van der Waals surface area (Å²) in [5.74, 6) is 6.17. The van der Waals surface area contributed by atoms with Crippen molar-refractivity contribution in [2.24, 2.45) is 0 Å². The zero-order chi connectivity index (χ0) is 12.8. The van der Waals surface area contributed by atoms with Crippen molar-refractivity contribution < 1.29 is 0 Å². The Morgan fingerprint density at radius 3 is 2.67 bits per heavy atom. The van der Waals surface area contributed by atoms with Gasteiger partial charge in [0.15, 0.2) is 0 Å². The van der Waals surface area contributed by atoms with Crippen molar-refractivity contribution in [2.45, 2.75) is 26.3 Å². The molecule has 0 aliphatic carbocycles. The standard InChI is InChI=1S/C17H19N/c1-3-5-13-17(18-4-2)16-12-8-10-14-9-6-7-11-15(14)16/h6-12,17-18H,4,13H2,1-2H3. The second-order valence-corrected chi connectivity index (χ2v) is 4.31. The van der Waals surface area contributed by atoms with Crippen LogP contribution in [0.15, 0.2) is 42.5 Å². The van der Waals surface area contributed by atoms with Gasteiger partial charge in [-0.1, -0.05) is 49.4 Å². The van der Waals surface area contributed by atoms with Crippen molar-refractivity contribution in [1.82, 2.24) is 5.32 Å². The van der Waals surface area contributed by atoms with Crippen molar-refractivity contribution in [2.75, 3.05) is 6.54 Å². The van der Waals surface area contributed by atoms with Crippen LogP contribution in [-0.4, -0.2) is 6.54 Å². The van der Waals surface area contributed by atoms with Gasteiger partial charge in [0.05, 0.1) is 0 Å². The largest absolute Gasteiger partial charge is 0.309 e. The lowest BCUT2D eigenvalue weighted by Gasteiger charge is -2.18. The quantitative estimate of drug-likeness (QED) is 0.795. The van der Waals surface area contributed by atoms with Crippen LogP contribution < -0.4 is 5.32 Å². The van der Waals surface area contributed by atoms with E-state index in [9.17, 15) is 0 Å². The molecule has 1 nitrogen and oxygen atoms in total. The molecule has 0 aliphatic rings. The highest BCUT2D eigenvalue weighted by molar-refractivity contribution is 5.86. The van der Waals surface area contributed by atoms with Crippen molar-refractivity contribution in [3.8, 4) is 11.8 Å². The third-order valence-electron chi connectivity index (χ3n) is 3.13. The van der Waals surface area contributed by atoms with Crippen molar-refractivity contribution in [3.63, 3.8) is 0 Å². The Hall–Kier alpha value is -1.78. The summed E-state index contributed by atoms with van der Waals surface area (Å²) in [4.78, 5) is 0. The molecule has 0 aliphatic heterocycles. The highest BCUT2D eigenvalue weighted by atomic mass is 14.9. The lowest BCUT2D eigenvalue weighted by Crippen LogP contribution is -2.20. The molecule has 1 atom stereocenters. The minimum Gasteiger partial charge on any atom is -0.309 e. The molecule has 1 unspecified atom stereocenters. The van der Waals surface area contributed by atoms with Crippen LogP contribution in [0, 0.1) is 11.8 Å². The zero-order valence-corrected chi connectivity index (χ0v) is 11.0. The average molecular weight is 237 g/mol. The van der Waals surface area contributed by atoms with E-state index >= 15 is 0 Å². The molecule has 2 aromatic carbocycles. The molecule has 1 N–H and O–H groups in total. The summed E-state index contributed by atoms with van der Waals surface area (Å²) in [6.07, 6.45) is 0.859. The molecule has 92 valence electrons. The lowest BCUT2D eigenvalue weighted by molar-refractivity contribution is 0.569. The van der Waals surface area contributed by atoms with E-state index in [1.165, 1.54) is 16.3 Å². The van der Waals surface area contributed by atoms with Gasteiger partial charge in [-0.3, -0.25) is 0 Å². The summed E-state index contributed by atoms with van der Waals surface area (Å²) in [5, 5.41) is 6.14. The minimum atomic E-state index is 0.313. The number of rotatable bonds is 4. The fourth-order valence-electron chi connectivity index (χ4n) is 2.30. The molecule has 0 amide bonds. The molecular formula is C17H19N. The van der Waals surface area contributed by atoms with Gasteiger partial charge in [0.2, 0.25) is 0 Å². The van der Waals surface area contributed by atoms with E-state index in [4.69, 9.17) is 0 Å². The summed E-state index contributed by atoms with van der Waals surface area (Å²) >= 11 is 0. The van der Waals surface area contributed by atoms with Gasteiger partial charge in [0.1, 0.15) is 0 Å². The van der Waals surface area contributed by atoms with Crippen LogP contribution in [0.2, 0.25) is 0 Å². The van der Waals surface area contributed by atoms with E-state index in [0.29, 0.717) is 6.04 Å². The molecule has 0 bridgehead atoms. The maximum Gasteiger partial charge on any atom is 0.0436 e. The van der Waals surface area contributed by atoms with Crippen molar-refractivity contribution >= 4 is 10.8 Å². The Labute approximate surface area is 109 Å². The lowest BCUT2D eigenvalue weighted by atomic mass is 9.97. The van der Waals surface area contributed by atoms with Gasteiger partial charge < -0.3 is 5.32 Å². The molecule has 2 rings (SSSR count). The molecule has 0 spiro atoms. The van der Waals surface area contributed by atoms with Crippen LogP contribution in [0.3, 0.4) is 0 Å². The predicted octanol–water partition coefficient (Wildman–Crippen LogP) is 3.90. The predicted molar refractivity (Wildman–Crippen MR) is 78.4 cm³/mol. The molecular weight excluding hydrogens is 218 g/mol. The molecule has 0 aromatic heterocycles. The Morgan fingerprint density at radius 1 is 1.11 bits per heavy atom. The minimum absolute atomic E-state index is 0.313. The number of nitrogens with one attached hydrogen (secondary N) is 1. The molecule has 0 heterocycles. The van der Waals surface area contributed by atoms with E-state index in [1.54, 1.807) is 0 Å². The molecule has 0 saturated carbocycles. The van der Waals surface area contributed by atoms with E-state index in [1.807, 2.05) is 6.92 Å². The molecule has 2 aromatic rings. The van der Waals surface area contributed by atoms with Crippen LogP contribution in [-0.2, 0) is 0 Å². The fourth-order valence-corrected chi connectivity index (χ4v) is 2.30. The smallest absolute Gasteiger partial charge is 0.0436 e. The second-order valence-electron chi connectivity index (χ2n) is 4.31. The molecule has 1 heteroatoms. The molecule has 0 radical (unpaired) electrons. The van der Waals surface area contributed by atoms with E-state index < -0.39 is 0 Å². The highest BCUT2D eigenvalue weighted by Gasteiger charge is 2.11. The number of hydrogen-bond acceptors (Lipinski definition) is 1. The Morgan fingerprint density at radius 2 is 1.89 bits per heavy atom. The first-order valence-corrected chi connectivity index (χ1v) is 6.47. The maximum atomic E-state index is 3.52. The topological polar surface area (TPSA) is 12.0 Å². The van der Waals surface area contributed by atoms with Crippen LogP contribution in [0.5, 0.6) is 0 Å². The SMILES string of the molecule is CC#CCC(NCC)c1cccc2ccccc12. The first-order chi connectivity index (χ1) is 8.86. The first-order valence-electron chi connectivity index (χ1n) is 6.47. The fraction of sp³-hybridized carbons (Fsp3) is 0.294. The number of benzene rings is 2. The van der Waals surface area contributed by atoms with Gasteiger partial charge in [0.25, 0.3) is 0 Å². The summed E-state index contributed by atoms with van der Waals surface area (Å²) in [6, 6.07) is 15.3. The molecule has 18 heavy (non-hydrogen) atoms. The third kappa shape index (κ3) is 2.72. The van der Waals surface area contributed by atoms with Gasteiger partial charge in [-0.05, 0) is 29.8 Å². The summed E-state index contributed by atoms with van der Waals surface area (Å²) in [7, 11) is 0. The first kappa shape index (κ1) is 12.7. The van der Waals surface area contributed by atoms with E-state index in [-0.39, 0.29) is 0 Å². The number of fused-ring (bicyclic) bond motifs is 1. The Kier molecular flexibility index (Phi) is 4.39. The van der Waals surface area contributed by atoms with E-state index in [0.717, 1.165) is 13.0 Å². The second kappa shape index (κ2) is 6.23. The van der Waals surface area contributed by atoms with Crippen LogP contribution >= 0.6 is 0 Å². The van der Waals surface area contributed by atoms with Crippen molar-refractivity contribution in [1.29, 1.82) is 0 Å². The van der Waals surface area contributed by atoms with Gasteiger partial charge in [0, 0.05) is 12.5 Å². The highest BCUT2D eigenvalue weighted by Crippen LogP contribution is 2.25. The van der Waals surface area contributed by atoms with Crippen molar-refractivity contribution in [3.05, 3.63) is 48.0 Å². The van der Waals surface area contributed by atoms with Crippen LogP contribution in [0.1, 0.15) is 31.9 Å². The van der Waals surface area contributed by atoms with Gasteiger partial charge >= 0.3 is 0 Å². The van der Waals surface area contributed by atoms with Gasteiger partial charge in [-0.15, -0.1) is 11.8 Å². The summed E-state index contributed by atoms with van der Waals surface area (Å²) < 4.78 is 0. The normalized spacial score (nSPS) is 11.9. The Bertz CT molecular complexity index is 569. The van der Waals surface area contributed by atoms with Gasteiger partial charge in [-0.2, -0.15) is 0 Å². The average Bonchev–Trinajstić information content (AvgIpc) is 2.43.